The Morgan fingerprint density at radius 2 is 1.38 bits per heavy atom. The van der Waals surface area contributed by atoms with Crippen LogP contribution in [0.15, 0.2) is 60.7 Å². The van der Waals surface area contributed by atoms with E-state index in [1.807, 2.05) is 0 Å². The van der Waals surface area contributed by atoms with Crippen LogP contribution in [0.2, 0.25) is 5.04 Å². The molecule has 2 aromatic carbocycles. The summed E-state index contributed by atoms with van der Waals surface area (Å²) >= 11 is 0. The van der Waals surface area contributed by atoms with Gasteiger partial charge in [-0.15, -0.1) is 0 Å². The number of hydrogen-bond donors (Lipinski definition) is 0. The van der Waals surface area contributed by atoms with E-state index in [9.17, 15) is 0 Å². The highest BCUT2D eigenvalue weighted by molar-refractivity contribution is 6.99. The van der Waals surface area contributed by atoms with Crippen molar-refractivity contribution in [1.29, 1.82) is 0 Å². The Morgan fingerprint density at radius 3 is 1.83 bits per heavy atom. The molecule has 1 radical (unpaired) electrons. The molecular weight excluding hydrogens is 372 g/mol. The predicted molar refractivity (Wildman–Crippen MR) is 125 cm³/mol. The first-order valence-corrected chi connectivity index (χ1v) is 13.0. The summed E-state index contributed by atoms with van der Waals surface area (Å²) in [5, 5.41) is 2.78. The van der Waals surface area contributed by atoms with Crippen molar-refractivity contribution in [2.24, 2.45) is 5.92 Å². The van der Waals surface area contributed by atoms with Crippen LogP contribution in [0.5, 0.6) is 0 Å². The van der Waals surface area contributed by atoms with Gasteiger partial charge in [-0.1, -0.05) is 88.4 Å². The van der Waals surface area contributed by atoms with Gasteiger partial charge < -0.3 is 9.16 Å². The fraction of sp³-hybridized carbons (Fsp3) is 0.500. The molecule has 0 aromatic heterocycles. The van der Waals surface area contributed by atoms with Crippen LogP contribution in [0.4, 0.5) is 0 Å². The molecule has 2 nitrogen and oxygen atoms in total. The Hall–Kier alpha value is -1.42. The molecule has 29 heavy (non-hydrogen) atoms. The Balaban J connectivity index is 1.82. The topological polar surface area (TPSA) is 18.5 Å². The third-order valence-electron chi connectivity index (χ3n) is 6.24. The smallest absolute Gasteiger partial charge is 0.261 e. The maximum absolute atomic E-state index is 7.11. The summed E-state index contributed by atoms with van der Waals surface area (Å²) in [7, 11) is -2.41. The van der Waals surface area contributed by atoms with Gasteiger partial charge in [0.1, 0.15) is 0 Å². The van der Waals surface area contributed by atoms with Gasteiger partial charge in [0, 0.05) is 13.2 Å². The predicted octanol–water partition coefficient (Wildman–Crippen LogP) is 5.36. The van der Waals surface area contributed by atoms with Crippen molar-refractivity contribution >= 4 is 18.7 Å². The monoisotopic (exact) mass is 409 g/mol. The Bertz CT molecular complexity index is 676. The highest BCUT2D eigenvalue weighted by Crippen LogP contribution is 2.38. The zero-order valence-corrected chi connectivity index (χ0v) is 19.4. The average Bonchev–Trinajstić information content (AvgIpc) is 2.74. The number of benzene rings is 2. The Labute approximate surface area is 178 Å². The molecule has 0 unspecified atom stereocenters. The van der Waals surface area contributed by atoms with Crippen LogP contribution in [0.25, 0.3) is 0 Å². The summed E-state index contributed by atoms with van der Waals surface area (Å²) in [6.07, 6.45) is 5.96. The summed E-state index contributed by atoms with van der Waals surface area (Å²) < 4.78 is 13.0. The van der Waals surface area contributed by atoms with Gasteiger partial charge in [-0.25, -0.2) is 0 Å². The van der Waals surface area contributed by atoms with Crippen molar-refractivity contribution in [3.63, 3.8) is 0 Å². The fourth-order valence-corrected chi connectivity index (χ4v) is 9.36. The summed E-state index contributed by atoms with van der Waals surface area (Å²) in [4.78, 5) is 0. The maximum atomic E-state index is 7.11. The fourth-order valence-electron chi connectivity index (χ4n) is 4.72. The maximum Gasteiger partial charge on any atom is 0.261 e. The van der Waals surface area contributed by atoms with Gasteiger partial charge in [-0.05, 0) is 53.4 Å². The number of rotatable bonds is 8. The lowest BCUT2D eigenvalue weighted by Gasteiger charge is -2.44. The lowest BCUT2D eigenvalue weighted by molar-refractivity contribution is 0.0145. The van der Waals surface area contributed by atoms with Gasteiger partial charge in [0.2, 0.25) is 0 Å². The third-order valence-corrected chi connectivity index (χ3v) is 11.2. The van der Waals surface area contributed by atoms with E-state index in [1.54, 1.807) is 0 Å². The first kappa shape index (κ1) is 22.3. The van der Waals surface area contributed by atoms with Crippen LogP contribution in [0, 0.1) is 12.8 Å². The largest absolute Gasteiger partial charge is 0.407 e. The van der Waals surface area contributed by atoms with E-state index in [1.165, 1.54) is 23.2 Å². The van der Waals surface area contributed by atoms with Crippen LogP contribution < -0.4 is 10.4 Å². The molecule has 0 N–H and O–H groups in total. The SMILES string of the molecule is [CH2]CCOC1CCC(CO[Si](c2ccccc2)(c2ccccc2)C(C)(C)C)CC1. The average molecular weight is 410 g/mol. The molecule has 0 saturated heterocycles. The van der Waals surface area contributed by atoms with Gasteiger partial charge in [-0.2, -0.15) is 0 Å². The summed E-state index contributed by atoms with van der Waals surface area (Å²) in [6.45, 7) is 12.6. The molecule has 0 amide bonds. The zero-order chi connectivity index (χ0) is 20.7. The molecule has 1 fully saturated rings. The summed E-state index contributed by atoms with van der Waals surface area (Å²) in [5.74, 6) is 0.622. The molecule has 1 aliphatic carbocycles. The highest BCUT2D eigenvalue weighted by Gasteiger charge is 2.50. The molecule has 0 aliphatic heterocycles. The normalized spacial score (nSPS) is 20.6. The van der Waals surface area contributed by atoms with Crippen molar-refractivity contribution in [3.8, 4) is 0 Å². The van der Waals surface area contributed by atoms with Crippen LogP contribution in [0.3, 0.4) is 0 Å². The van der Waals surface area contributed by atoms with Gasteiger partial charge in [-0.3, -0.25) is 0 Å². The molecule has 0 spiro atoms. The lowest BCUT2D eigenvalue weighted by Crippen LogP contribution is -2.67. The highest BCUT2D eigenvalue weighted by atomic mass is 28.4. The van der Waals surface area contributed by atoms with Gasteiger partial charge in [0.25, 0.3) is 8.32 Å². The van der Waals surface area contributed by atoms with Gasteiger partial charge in [0.15, 0.2) is 0 Å². The second-order valence-corrected chi connectivity index (χ2v) is 13.6. The van der Waals surface area contributed by atoms with E-state index in [0.717, 1.165) is 32.5 Å². The van der Waals surface area contributed by atoms with E-state index in [4.69, 9.17) is 9.16 Å². The molecule has 2 aromatic rings. The van der Waals surface area contributed by atoms with E-state index in [2.05, 4.69) is 88.4 Å². The van der Waals surface area contributed by atoms with E-state index in [-0.39, 0.29) is 5.04 Å². The minimum atomic E-state index is -2.41. The van der Waals surface area contributed by atoms with Crippen molar-refractivity contribution in [2.45, 2.75) is 64.0 Å². The molecular formula is C26H37O2Si. The Morgan fingerprint density at radius 1 is 0.862 bits per heavy atom. The Kier molecular flexibility index (Phi) is 7.72. The van der Waals surface area contributed by atoms with Gasteiger partial charge in [0.05, 0.1) is 6.10 Å². The molecule has 0 heterocycles. The summed E-state index contributed by atoms with van der Waals surface area (Å²) in [6, 6.07) is 21.9. The number of hydrogen-bond acceptors (Lipinski definition) is 2. The first-order chi connectivity index (χ1) is 14.0. The molecule has 1 saturated carbocycles. The molecule has 0 bridgehead atoms. The molecule has 3 rings (SSSR count). The standard InChI is InChI=1S/C26H37O2Si/c1-5-20-27-23-18-16-22(17-19-23)21-28-29(26(2,3)4,24-12-8-6-9-13-24)25-14-10-7-11-15-25/h6-15,22-23H,1,5,16-21H2,2-4H3. The van der Waals surface area contributed by atoms with Crippen molar-refractivity contribution in [1.82, 2.24) is 0 Å². The molecule has 157 valence electrons. The number of ether oxygens (including phenoxy) is 1. The van der Waals surface area contributed by atoms with Crippen molar-refractivity contribution in [3.05, 3.63) is 67.6 Å². The minimum Gasteiger partial charge on any atom is -0.407 e. The van der Waals surface area contributed by atoms with Crippen LogP contribution in [0.1, 0.15) is 52.9 Å². The second-order valence-electron chi connectivity index (χ2n) is 9.34. The first-order valence-electron chi connectivity index (χ1n) is 11.1. The van der Waals surface area contributed by atoms with Crippen LogP contribution >= 0.6 is 0 Å². The van der Waals surface area contributed by atoms with Crippen molar-refractivity contribution < 1.29 is 9.16 Å². The molecule has 3 heteroatoms. The van der Waals surface area contributed by atoms with Crippen LogP contribution in [-0.4, -0.2) is 27.6 Å². The van der Waals surface area contributed by atoms with E-state index in [0.29, 0.717) is 12.0 Å². The van der Waals surface area contributed by atoms with E-state index < -0.39 is 8.32 Å². The molecule has 1 aliphatic rings. The van der Waals surface area contributed by atoms with Crippen LogP contribution in [-0.2, 0) is 9.16 Å². The second kappa shape index (κ2) is 10.1. The third kappa shape index (κ3) is 5.20. The summed E-state index contributed by atoms with van der Waals surface area (Å²) in [5.41, 5.74) is 0. The van der Waals surface area contributed by atoms with E-state index >= 15 is 0 Å². The van der Waals surface area contributed by atoms with Crippen molar-refractivity contribution in [2.75, 3.05) is 13.2 Å². The van der Waals surface area contributed by atoms with Gasteiger partial charge >= 0.3 is 0 Å². The zero-order valence-electron chi connectivity index (χ0n) is 18.4. The lowest BCUT2D eigenvalue weighted by atomic mass is 9.88. The minimum absolute atomic E-state index is 0.0458. The molecule has 0 atom stereocenters. The quantitative estimate of drug-likeness (QED) is 0.546.